The Kier molecular flexibility index (Phi) is 6.56. The number of nitrogens with one attached hydrogen (secondary N) is 1. The van der Waals surface area contributed by atoms with Crippen LogP contribution in [0, 0.1) is 0 Å². The van der Waals surface area contributed by atoms with Crippen molar-refractivity contribution in [2.45, 2.75) is 32.4 Å². The number of carbonyl (C=O) groups is 1. The molecule has 6 heteroatoms. The van der Waals surface area contributed by atoms with E-state index < -0.39 is 16.1 Å². The van der Waals surface area contributed by atoms with E-state index in [-0.39, 0.29) is 11.9 Å². The lowest BCUT2D eigenvalue weighted by molar-refractivity contribution is -0.125. The number of hydrogen-bond donors (Lipinski definition) is 1. The molecule has 0 bridgehead atoms. The van der Waals surface area contributed by atoms with E-state index in [4.69, 9.17) is 0 Å². The summed E-state index contributed by atoms with van der Waals surface area (Å²) < 4.78 is 25.1. The van der Waals surface area contributed by atoms with Gasteiger partial charge in [0.25, 0.3) is 0 Å². The monoisotopic (exact) mass is 374 g/mol. The minimum atomic E-state index is -3.53. The molecule has 26 heavy (non-hydrogen) atoms. The summed E-state index contributed by atoms with van der Waals surface area (Å²) in [6.45, 7) is 3.98. The van der Waals surface area contributed by atoms with Gasteiger partial charge in [-0.3, -0.25) is 4.79 Å². The second-order valence-electron chi connectivity index (χ2n) is 6.42. The molecule has 0 aliphatic heterocycles. The first-order valence-electron chi connectivity index (χ1n) is 8.61. The molecule has 0 heterocycles. The number of amides is 1. The Hall–Kier alpha value is -2.18. The Morgan fingerprint density at radius 3 is 2.12 bits per heavy atom. The zero-order valence-electron chi connectivity index (χ0n) is 15.6. The molecule has 0 spiro atoms. The van der Waals surface area contributed by atoms with E-state index in [2.05, 4.69) is 12.2 Å². The van der Waals surface area contributed by atoms with Crippen LogP contribution in [0.3, 0.4) is 0 Å². The highest BCUT2D eigenvalue weighted by Gasteiger charge is 2.31. The first kappa shape index (κ1) is 20.1. The van der Waals surface area contributed by atoms with Gasteiger partial charge in [0.05, 0.1) is 12.3 Å². The van der Waals surface area contributed by atoms with E-state index in [1.807, 2.05) is 37.3 Å². The van der Waals surface area contributed by atoms with Crippen LogP contribution < -0.4 is 5.32 Å². The minimum absolute atomic E-state index is 0.229. The van der Waals surface area contributed by atoms with Crippen molar-refractivity contribution in [3.05, 3.63) is 71.3 Å². The topological polar surface area (TPSA) is 66.5 Å². The molecular weight excluding hydrogens is 348 g/mol. The maximum atomic E-state index is 12.9. The first-order chi connectivity index (χ1) is 12.2. The van der Waals surface area contributed by atoms with Crippen LogP contribution in [0.2, 0.25) is 0 Å². The number of rotatable bonds is 7. The maximum Gasteiger partial charge on any atom is 0.243 e. The van der Waals surface area contributed by atoms with Crippen LogP contribution in [-0.4, -0.2) is 31.9 Å². The van der Waals surface area contributed by atoms with Crippen LogP contribution in [-0.2, 0) is 21.2 Å². The molecule has 2 atom stereocenters. The van der Waals surface area contributed by atoms with Gasteiger partial charge in [-0.15, -0.1) is 0 Å². The number of aryl methyl sites for hydroxylation is 1. The molecule has 0 saturated heterocycles. The molecule has 5 nitrogen and oxygen atoms in total. The van der Waals surface area contributed by atoms with Crippen LogP contribution in [0.15, 0.2) is 54.6 Å². The summed E-state index contributed by atoms with van der Waals surface area (Å²) in [5.41, 5.74) is 2.84. The van der Waals surface area contributed by atoms with Gasteiger partial charge < -0.3 is 5.32 Å². The van der Waals surface area contributed by atoms with Crippen molar-refractivity contribution in [2.24, 2.45) is 0 Å². The molecule has 0 aliphatic carbocycles. The summed E-state index contributed by atoms with van der Waals surface area (Å²) in [6.07, 6.45) is 2.05. The third-order valence-corrected chi connectivity index (χ3v) is 5.75. The van der Waals surface area contributed by atoms with Crippen LogP contribution in [0.5, 0.6) is 0 Å². The average molecular weight is 375 g/mol. The van der Waals surface area contributed by atoms with E-state index in [0.717, 1.165) is 22.5 Å². The molecule has 1 amide bonds. The summed E-state index contributed by atoms with van der Waals surface area (Å²) in [4.78, 5) is 12.9. The molecule has 0 unspecified atom stereocenters. The molecule has 0 radical (unpaired) electrons. The maximum absolute atomic E-state index is 12.9. The number of likely N-dealkylation sites (N-methyl/N-ethyl adjacent to an activating group) is 1. The zero-order chi connectivity index (χ0) is 19.3. The van der Waals surface area contributed by atoms with E-state index in [1.165, 1.54) is 12.6 Å². The fraction of sp³-hybridized carbons (Fsp3) is 0.350. The standard InChI is InChI=1S/C20H26N2O3S/c1-5-16-11-13-17(14-12-16)15(2)21-20(23)19(22(3)26(4,24)25)18-9-7-6-8-10-18/h6-15,19H,5H2,1-4H3,(H,21,23)/t15-,19+/m0/s1. The SMILES string of the molecule is CCc1ccc([C@H](C)NC(=O)[C@@H](c2ccccc2)N(C)S(C)(=O)=O)cc1. The Morgan fingerprint density at radius 1 is 1.04 bits per heavy atom. The predicted molar refractivity (Wildman–Crippen MR) is 104 cm³/mol. The Balaban J connectivity index is 2.25. The predicted octanol–water partition coefficient (Wildman–Crippen LogP) is 3.06. The lowest BCUT2D eigenvalue weighted by atomic mass is 10.0. The fourth-order valence-electron chi connectivity index (χ4n) is 2.77. The van der Waals surface area contributed by atoms with Crippen LogP contribution in [0.25, 0.3) is 0 Å². The number of hydrogen-bond acceptors (Lipinski definition) is 3. The van der Waals surface area contributed by atoms with Gasteiger partial charge in [-0.1, -0.05) is 61.5 Å². The Labute approximate surface area is 156 Å². The smallest absolute Gasteiger partial charge is 0.243 e. The molecule has 2 aromatic carbocycles. The molecule has 2 rings (SSSR count). The van der Waals surface area contributed by atoms with Crippen LogP contribution in [0.4, 0.5) is 0 Å². The van der Waals surface area contributed by atoms with E-state index in [1.54, 1.807) is 24.3 Å². The number of nitrogens with zero attached hydrogens (tertiary/aromatic N) is 1. The number of benzene rings is 2. The summed E-state index contributed by atoms with van der Waals surface area (Å²) in [5, 5.41) is 2.94. The normalized spacial score (nSPS) is 14.0. The quantitative estimate of drug-likeness (QED) is 0.810. The van der Waals surface area contributed by atoms with Crippen molar-refractivity contribution in [2.75, 3.05) is 13.3 Å². The van der Waals surface area contributed by atoms with Gasteiger partial charge in [0.15, 0.2) is 0 Å². The third kappa shape index (κ3) is 4.93. The van der Waals surface area contributed by atoms with Gasteiger partial charge in [0.2, 0.25) is 15.9 Å². The Bertz CT molecular complexity index is 833. The summed E-state index contributed by atoms with van der Waals surface area (Å²) in [6, 6.07) is 15.8. The molecule has 140 valence electrons. The number of carbonyl (C=O) groups excluding carboxylic acids is 1. The summed E-state index contributed by atoms with van der Waals surface area (Å²) >= 11 is 0. The molecule has 1 N–H and O–H groups in total. The summed E-state index contributed by atoms with van der Waals surface area (Å²) in [7, 11) is -2.11. The van der Waals surface area contributed by atoms with Crippen LogP contribution >= 0.6 is 0 Å². The largest absolute Gasteiger partial charge is 0.348 e. The van der Waals surface area contributed by atoms with E-state index in [0.29, 0.717) is 5.56 Å². The highest BCUT2D eigenvalue weighted by atomic mass is 32.2. The lowest BCUT2D eigenvalue weighted by Crippen LogP contribution is -2.42. The summed E-state index contributed by atoms with van der Waals surface area (Å²) in [5.74, 6) is -0.351. The van der Waals surface area contributed by atoms with Crippen molar-refractivity contribution in [1.82, 2.24) is 9.62 Å². The molecule has 0 fully saturated rings. The van der Waals surface area contributed by atoms with Gasteiger partial charge in [-0.25, -0.2) is 8.42 Å². The Morgan fingerprint density at radius 2 is 1.62 bits per heavy atom. The molecule has 0 saturated carbocycles. The minimum Gasteiger partial charge on any atom is -0.348 e. The second-order valence-corrected chi connectivity index (χ2v) is 8.46. The zero-order valence-corrected chi connectivity index (χ0v) is 16.5. The van der Waals surface area contributed by atoms with Crippen molar-refractivity contribution in [1.29, 1.82) is 0 Å². The molecular formula is C20H26N2O3S. The van der Waals surface area contributed by atoms with Crippen molar-refractivity contribution < 1.29 is 13.2 Å². The second kappa shape index (κ2) is 8.47. The van der Waals surface area contributed by atoms with Crippen LogP contribution in [0.1, 0.15) is 42.6 Å². The molecule has 0 aliphatic rings. The highest BCUT2D eigenvalue weighted by molar-refractivity contribution is 7.88. The van der Waals surface area contributed by atoms with Gasteiger partial charge in [0, 0.05) is 7.05 Å². The first-order valence-corrected chi connectivity index (χ1v) is 10.5. The third-order valence-electron chi connectivity index (χ3n) is 4.50. The fourth-order valence-corrected chi connectivity index (χ4v) is 3.37. The van der Waals surface area contributed by atoms with Crippen molar-refractivity contribution in [3.8, 4) is 0 Å². The van der Waals surface area contributed by atoms with E-state index in [9.17, 15) is 13.2 Å². The van der Waals surface area contributed by atoms with Gasteiger partial charge in [-0.05, 0) is 30.0 Å². The van der Waals surface area contributed by atoms with Crippen molar-refractivity contribution >= 4 is 15.9 Å². The van der Waals surface area contributed by atoms with E-state index >= 15 is 0 Å². The van der Waals surface area contributed by atoms with Gasteiger partial charge in [-0.2, -0.15) is 4.31 Å². The molecule has 2 aromatic rings. The lowest BCUT2D eigenvalue weighted by Gasteiger charge is -2.27. The van der Waals surface area contributed by atoms with Gasteiger partial charge in [0.1, 0.15) is 6.04 Å². The molecule has 0 aromatic heterocycles. The average Bonchev–Trinajstić information content (AvgIpc) is 2.62. The highest BCUT2D eigenvalue weighted by Crippen LogP contribution is 2.23. The number of sulfonamides is 1. The van der Waals surface area contributed by atoms with Gasteiger partial charge >= 0.3 is 0 Å². The van der Waals surface area contributed by atoms with Crippen molar-refractivity contribution in [3.63, 3.8) is 0 Å².